The van der Waals surface area contributed by atoms with E-state index in [1.54, 1.807) is 25.1 Å². The standard InChI is InChI=1S/C24H23N3O5S/c1-15-7-12-19(25-33(31,32)18-10-8-16(9-11-18)24(2,3)4)21-20(15)22(28)27(23(21)29)17-6-5-13-26(30)14-17/h5-14,25H,1-4H3. The van der Waals surface area contributed by atoms with Gasteiger partial charge in [-0.1, -0.05) is 39.0 Å². The van der Waals surface area contributed by atoms with Gasteiger partial charge in [0.25, 0.3) is 21.8 Å². The molecule has 0 saturated heterocycles. The van der Waals surface area contributed by atoms with Crippen LogP contribution >= 0.6 is 0 Å². The summed E-state index contributed by atoms with van der Waals surface area (Å²) < 4.78 is 29.1. The molecule has 1 N–H and O–H groups in total. The molecular weight excluding hydrogens is 442 g/mol. The van der Waals surface area contributed by atoms with Gasteiger partial charge in [-0.2, -0.15) is 4.73 Å². The van der Waals surface area contributed by atoms with Gasteiger partial charge in [0.15, 0.2) is 6.20 Å². The van der Waals surface area contributed by atoms with Gasteiger partial charge < -0.3 is 5.21 Å². The van der Waals surface area contributed by atoms with E-state index in [0.29, 0.717) is 10.3 Å². The first kappa shape index (κ1) is 22.5. The molecule has 4 rings (SSSR count). The Bertz CT molecular complexity index is 1390. The number of nitrogens with one attached hydrogen (secondary N) is 1. The minimum absolute atomic E-state index is 0.00211. The number of sulfonamides is 1. The molecule has 9 heteroatoms. The molecule has 0 radical (unpaired) electrons. The number of benzene rings is 2. The molecule has 170 valence electrons. The summed E-state index contributed by atoms with van der Waals surface area (Å²) in [6.45, 7) is 7.75. The number of hydrogen-bond donors (Lipinski definition) is 1. The average Bonchev–Trinajstić information content (AvgIpc) is 3.01. The summed E-state index contributed by atoms with van der Waals surface area (Å²) in [7, 11) is -4.03. The minimum Gasteiger partial charge on any atom is -0.619 e. The largest absolute Gasteiger partial charge is 0.619 e. The van der Waals surface area contributed by atoms with Crippen molar-refractivity contribution in [1.82, 2.24) is 0 Å². The number of carbonyl (C=O) groups is 2. The Morgan fingerprint density at radius 2 is 1.58 bits per heavy atom. The van der Waals surface area contributed by atoms with Crippen molar-refractivity contribution in [2.45, 2.75) is 38.0 Å². The number of nitrogens with zero attached hydrogens (tertiary/aromatic N) is 2. The number of carbonyl (C=O) groups excluding carboxylic acids is 2. The molecule has 0 atom stereocenters. The highest BCUT2D eigenvalue weighted by molar-refractivity contribution is 7.92. The van der Waals surface area contributed by atoms with Gasteiger partial charge >= 0.3 is 0 Å². The van der Waals surface area contributed by atoms with E-state index in [1.165, 1.54) is 36.5 Å². The number of amides is 2. The van der Waals surface area contributed by atoms with E-state index >= 15 is 0 Å². The molecule has 0 bridgehead atoms. The van der Waals surface area contributed by atoms with Crippen LogP contribution in [0, 0.1) is 12.1 Å². The zero-order chi connectivity index (χ0) is 24.1. The number of rotatable bonds is 4. The number of anilines is 2. The molecule has 1 aliphatic rings. The van der Waals surface area contributed by atoms with Crippen molar-refractivity contribution in [3.05, 3.63) is 88.4 Å². The second kappa shape index (κ2) is 7.70. The monoisotopic (exact) mass is 465 g/mol. The number of pyridine rings is 1. The number of aromatic nitrogens is 1. The molecule has 2 aromatic carbocycles. The van der Waals surface area contributed by atoms with E-state index in [0.717, 1.165) is 16.7 Å². The van der Waals surface area contributed by atoms with Crippen LogP contribution in [0.1, 0.15) is 52.6 Å². The van der Waals surface area contributed by atoms with Crippen molar-refractivity contribution in [1.29, 1.82) is 0 Å². The van der Waals surface area contributed by atoms with Crippen LogP contribution in [0.2, 0.25) is 0 Å². The van der Waals surface area contributed by atoms with Gasteiger partial charge in [0.2, 0.25) is 6.20 Å². The van der Waals surface area contributed by atoms with Crippen molar-refractivity contribution in [2.75, 3.05) is 9.62 Å². The van der Waals surface area contributed by atoms with E-state index < -0.39 is 21.8 Å². The third kappa shape index (κ3) is 3.95. The maximum Gasteiger partial charge on any atom is 0.268 e. The number of fused-ring (bicyclic) bond motifs is 1. The third-order valence-electron chi connectivity index (χ3n) is 5.54. The second-order valence-corrected chi connectivity index (χ2v) is 10.6. The van der Waals surface area contributed by atoms with E-state index in [-0.39, 0.29) is 32.8 Å². The lowest BCUT2D eigenvalue weighted by molar-refractivity contribution is -0.604. The maximum atomic E-state index is 13.2. The van der Waals surface area contributed by atoms with Gasteiger partial charge in [0.05, 0.1) is 21.7 Å². The zero-order valence-corrected chi connectivity index (χ0v) is 19.4. The molecule has 0 aliphatic carbocycles. The summed E-state index contributed by atoms with van der Waals surface area (Å²) >= 11 is 0. The quantitative estimate of drug-likeness (QED) is 0.360. The second-order valence-electron chi connectivity index (χ2n) is 8.93. The Hall–Kier alpha value is -3.72. The molecular formula is C24H23N3O5S. The summed E-state index contributed by atoms with van der Waals surface area (Å²) in [5.74, 6) is -1.32. The summed E-state index contributed by atoms with van der Waals surface area (Å²) in [6.07, 6.45) is 2.34. The van der Waals surface area contributed by atoms with Crippen molar-refractivity contribution in [3.63, 3.8) is 0 Å². The molecule has 2 amide bonds. The number of imide groups is 1. The zero-order valence-electron chi connectivity index (χ0n) is 18.6. The van der Waals surface area contributed by atoms with E-state index in [2.05, 4.69) is 4.72 Å². The Balaban J connectivity index is 1.74. The molecule has 3 aromatic rings. The Kier molecular flexibility index (Phi) is 5.24. The predicted octanol–water partition coefficient (Wildman–Crippen LogP) is 3.53. The Labute approximate surface area is 192 Å². The predicted molar refractivity (Wildman–Crippen MR) is 124 cm³/mol. The smallest absolute Gasteiger partial charge is 0.268 e. The van der Waals surface area contributed by atoms with Crippen LogP contribution in [0.5, 0.6) is 0 Å². The highest BCUT2D eigenvalue weighted by Gasteiger charge is 2.41. The van der Waals surface area contributed by atoms with Crippen LogP contribution in [-0.4, -0.2) is 20.2 Å². The van der Waals surface area contributed by atoms with E-state index in [1.807, 2.05) is 20.8 Å². The van der Waals surface area contributed by atoms with Crippen molar-refractivity contribution >= 4 is 33.2 Å². The van der Waals surface area contributed by atoms with Gasteiger partial charge in [-0.15, -0.1) is 0 Å². The molecule has 0 fully saturated rings. The van der Waals surface area contributed by atoms with E-state index in [9.17, 15) is 23.2 Å². The first-order chi connectivity index (χ1) is 15.4. The van der Waals surface area contributed by atoms with Crippen LogP contribution < -0.4 is 14.4 Å². The lowest BCUT2D eigenvalue weighted by atomic mass is 9.87. The fourth-order valence-corrected chi connectivity index (χ4v) is 4.82. The summed E-state index contributed by atoms with van der Waals surface area (Å²) in [5.41, 5.74) is 1.53. The van der Waals surface area contributed by atoms with Crippen LogP contribution in [0.25, 0.3) is 0 Å². The van der Waals surface area contributed by atoms with Crippen LogP contribution in [0.15, 0.2) is 65.8 Å². The average molecular weight is 466 g/mol. The Morgan fingerprint density at radius 3 is 2.18 bits per heavy atom. The molecule has 0 spiro atoms. The van der Waals surface area contributed by atoms with Gasteiger partial charge in [-0.3, -0.25) is 14.3 Å². The molecule has 33 heavy (non-hydrogen) atoms. The first-order valence-corrected chi connectivity index (χ1v) is 11.7. The molecule has 0 saturated carbocycles. The fourth-order valence-electron chi connectivity index (χ4n) is 3.75. The first-order valence-electron chi connectivity index (χ1n) is 10.2. The SMILES string of the molecule is Cc1ccc(NS(=O)(=O)c2ccc(C(C)(C)C)cc2)c2c1C(=O)N(c1ccc[n+]([O-])c1)C2=O. The maximum absolute atomic E-state index is 13.2. The highest BCUT2D eigenvalue weighted by Crippen LogP contribution is 2.35. The molecule has 2 heterocycles. The van der Waals surface area contributed by atoms with Crippen molar-refractivity contribution in [2.24, 2.45) is 0 Å². The van der Waals surface area contributed by atoms with Gasteiger partial charge in [-0.25, -0.2) is 13.3 Å². The summed E-state index contributed by atoms with van der Waals surface area (Å²) in [4.78, 5) is 27.2. The van der Waals surface area contributed by atoms with Crippen LogP contribution in [0.4, 0.5) is 11.4 Å². The van der Waals surface area contributed by atoms with E-state index in [4.69, 9.17) is 0 Å². The van der Waals surface area contributed by atoms with Crippen LogP contribution in [0.3, 0.4) is 0 Å². The van der Waals surface area contributed by atoms with Gasteiger partial charge in [0, 0.05) is 6.07 Å². The number of hydrogen-bond acceptors (Lipinski definition) is 5. The fraction of sp³-hybridized carbons (Fsp3) is 0.208. The minimum atomic E-state index is -4.03. The van der Waals surface area contributed by atoms with Crippen molar-refractivity contribution in [3.8, 4) is 0 Å². The molecule has 1 aromatic heterocycles. The van der Waals surface area contributed by atoms with Crippen molar-refractivity contribution < 1.29 is 22.7 Å². The Morgan fingerprint density at radius 1 is 0.939 bits per heavy atom. The molecule has 8 nitrogen and oxygen atoms in total. The number of aryl methyl sites for hydroxylation is 1. The van der Waals surface area contributed by atoms with Gasteiger partial charge in [-0.05, 0) is 47.7 Å². The van der Waals surface area contributed by atoms with Crippen LogP contribution in [-0.2, 0) is 15.4 Å². The highest BCUT2D eigenvalue weighted by atomic mass is 32.2. The lowest BCUT2D eigenvalue weighted by Crippen LogP contribution is -2.33. The van der Waals surface area contributed by atoms with Gasteiger partial charge in [0.1, 0.15) is 5.69 Å². The topological polar surface area (TPSA) is 110 Å². The lowest BCUT2D eigenvalue weighted by Gasteiger charge is -2.19. The summed E-state index contributed by atoms with van der Waals surface area (Å²) in [6, 6.07) is 12.4. The molecule has 1 aliphatic heterocycles. The molecule has 0 unspecified atom stereocenters. The third-order valence-corrected chi connectivity index (χ3v) is 6.92. The summed E-state index contributed by atoms with van der Waals surface area (Å²) in [5, 5.41) is 11.7. The normalized spacial score (nSPS) is 13.9.